The summed E-state index contributed by atoms with van der Waals surface area (Å²) < 4.78 is 9.66. The Balaban J connectivity index is 3.95. The van der Waals surface area contributed by atoms with E-state index >= 15 is 0 Å². The lowest BCUT2D eigenvalue weighted by Crippen LogP contribution is -2.27. The number of hydrogen-bond donors (Lipinski definition) is 0. The zero-order chi connectivity index (χ0) is 12.1. The summed E-state index contributed by atoms with van der Waals surface area (Å²) in [5, 5.41) is 0. The molecule has 0 saturated heterocycles. The van der Waals surface area contributed by atoms with Crippen LogP contribution in [0, 0.1) is 5.92 Å². The van der Waals surface area contributed by atoms with Gasteiger partial charge >= 0.3 is 11.9 Å². The van der Waals surface area contributed by atoms with E-state index in [4.69, 9.17) is 4.74 Å². The van der Waals surface area contributed by atoms with Crippen LogP contribution < -0.4 is 0 Å². The summed E-state index contributed by atoms with van der Waals surface area (Å²) in [7, 11) is 1.33. The van der Waals surface area contributed by atoms with Crippen molar-refractivity contribution in [3.63, 3.8) is 0 Å². The number of hydrogen-bond acceptors (Lipinski definition) is 4. The molecule has 0 heterocycles. The van der Waals surface area contributed by atoms with Crippen molar-refractivity contribution in [3.8, 4) is 0 Å². The van der Waals surface area contributed by atoms with Gasteiger partial charge in [0.1, 0.15) is 5.60 Å². The molecule has 88 valence electrons. The first-order valence-corrected chi connectivity index (χ1v) is 5.06. The van der Waals surface area contributed by atoms with E-state index in [1.807, 2.05) is 20.8 Å². The molecule has 0 unspecified atom stereocenters. The molecule has 0 saturated carbocycles. The minimum absolute atomic E-state index is 0.247. The summed E-state index contributed by atoms with van der Waals surface area (Å²) >= 11 is 0. The van der Waals surface area contributed by atoms with Crippen LogP contribution in [0.15, 0.2) is 0 Å². The highest BCUT2D eigenvalue weighted by Crippen LogP contribution is 2.14. The number of esters is 2. The molecule has 0 aromatic heterocycles. The zero-order valence-corrected chi connectivity index (χ0v) is 10.1. The van der Waals surface area contributed by atoms with Gasteiger partial charge in [-0.1, -0.05) is 6.92 Å². The van der Waals surface area contributed by atoms with E-state index in [2.05, 4.69) is 4.74 Å². The molecule has 0 bridgehead atoms. The maximum Gasteiger partial charge on any atom is 0.309 e. The molecule has 0 aromatic rings. The molecule has 15 heavy (non-hydrogen) atoms. The quantitative estimate of drug-likeness (QED) is 0.674. The van der Waals surface area contributed by atoms with E-state index in [1.165, 1.54) is 7.11 Å². The third-order valence-corrected chi connectivity index (χ3v) is 1.82. The first-order valence-electron chi connectivity index (χ1n) is 5.06. The van der Waals surface area contributed by atoms with Crippen molar-refractivity contribution in [2.24, 2.45) is 5.92 Å². The van der Waals surface area contributed by atoms with Gasteiger partial charge in [0.25, 0.3) is 0 Å². The lowest BCUT2D eigenvalue weighted by molar-refractivity contribution is -0.159. The van der Waals surface area contributed by atoms with Crippen molar-refractivity contribution in [2.45, 2.75) is 46.1 Å². The molecule has 0 fully saturated rings. The van der Waals surface area contributed by atoms with Gasteiger partial charge in [-0.25, -0.2) is 0 Å². The third-order valence-electron chi connectivity index (χ3n) is 1.82. The van der Waals surface area contributed by atoms with E-state index in [-0.39, 0.29) is 24.3 Å². The number of ether oxygens (including phenoxy) is 2. The Morgan fingerprint density at radius 2 is 1.80 bits per heavy atom. The first kappa shape index (κ1) is 13.9. The van der Waals surface area contributed by atoms with Crippen molar-refractivity contribution in [1.29, 1.82) is 0 Å². The molecule has 0 rings (SSSR count). The average Bonchev–Trinajstić information content (AvgIpc) is 2.10. The SMILES string of the molecule is COC(=O)CC[C@H](C)C(=O)OC(C)(C)C. The molecule has 0 N–H and O–H groups in total. The van der Waals surface area contributed by atoms with Crippen LogP contribution in [-0.4, -0.2) is 24.6 Å². The Morgan fingerprint density at radius 1 is 1.27 bits per heavy atom. The van der Waals surface area contributed by atoms with E-state index in [9.17, 15) is 9.59 Å². The topological polar surface area (TPSA) is 52.6 Å². The third kappa shape index (κ3) is 6.94. The second-order valence-electron chi connectivity index (χ2n) is 4.55. The van der Waals surface area contributed by atoms with Crippen molar-refractivity contribution in [3.05, 3.63) is 0 Å². The number of carbonyl (C=O) groups is 2. The molecule has 0 aliphatic carbocycles. The minimum Gasteiger partial charge on any atom is -0.469 e. The van der Waals surface area contributed by atoms with Crippen LogP contribution in [0.4, 0.5) is 0 Å². The van der Waals surface area contributed by atoms with Gasteiger partial charge in [-0.05, 0) is 27.2 Å². The highest BCUT2D eigenvalue weighted by atomic mass is 16.6. The monoisotopic (exact) mass is 216 g/mol. The Kier molecular flexibility index (Phi) is 5.33. The summed E-state index contributed by atoms with van der Waals surface area (Å²) in [5.41, 5.74) is -0.476. The highest BCUT2D eigenvalue weighted by molar-refractivity contribution is 5.74. The van der Waals surface area contributed by atoms with E-state index in [1.54, 1.807) is 6.92 Å². The Hall–Kier alpha value is -1.06. The summed E-state index contributed by atoms with van der Waals surface area (Å²) in [6, 6.07) is 0. The van der Waals surface area contributed by atoms with Gasteiger partial charge in [0.15, 0.2) is 0 Å². The Bertz CT molecular complexity index is 227. The number of rotatable bonds is 4. The molecule has 0 radical (unpaired) electrons. The van der Waals surface area contributed by atoms with Gasteiger partial charge in [-0.3, -0.25) is 9.59 Å². The van der Waals surface area contributed by atoms with Crippen molar-refractivity contribution >= 4 is 11.9 Å². The largest absolute Gasteiger partial charge is 0.469 e. The van der Waals surface area contributed by atoms with Crippen LogP contribution in [-0.2, 0) is 19.1 Å². The molecule has 4 nitrogen and oxygen atoms in total. The van der Waals surface area contributed by atoms with Crippen LogP contribution in [0.25, 0.3) is 0 Å². The lowest BCUT2D eigenvalue weighted by atomic mass is 10.1. The zero-order valence-electron chi connectivity index (χ0n) is 10.1. The second-order valence-corrected chi connectivity index (χ2v) is 4.55. The van der Waals surface area contributed by atoms with E-state index in [0.29, 0.717) is 6.42 Å². The van der Waals surface area contributed by atoms with Gasteiger partial charge in [-0.15, -0.1) is 0 Å². The van der Waals surface area contributed by atoms with Crippen LogP contribution in [0.5, 0.6) is 0 Å². The average molecular weight is 216 g/mol. The smallest absolute Gasteiger partial charge is 0.309 e. The minimum atomic E-state index is -0.476. The Labute approximate surface area is 90.9 Å². The molecular formula is C11H20O4. The fraction of sp³-hybridized carbons (Fsp3) is 0.818. The molecule has 0 amide bonds. The summed E-state index contributed by atoms with van der Waals surface area (Å²) in [5.74, 6) is -0.847. The van der Waals surface area contributed by atoms with Gasteiger partial charge < -0.3 is 9.47 Å². The van der Waals surface area contributed by atoms with Crippen LogP contribution in [0.2, 0.25) is 0 Å². The summed E-state index contributed by atoms with van der Waals surface area (Å²) in [4.78, 5) is 22.3. The molecule has 0 aliphatic heterocycles. The van der Waals surface area contributed by atoms with Gasteiger partial charge in [0.2, 0.25) is 0 Å². The molecule has 1 atom stereocenters. The molecule has 0 aliphatic rings. The normalized spacial score (nSPS) is 13.1. The number of methoxy groups -OCH3 is 1. The predicted molar refractivity (Wildman–Crippen MR) is 56.3 cm³/mol. The van der Waals surface area contributed by atoms with Crippen molar-refractivity contribution in [1.82, 2.24) is 0 Å². The maximum absolute atomic E-state index is 11.5. The molecular weight excluding hydrogens is 196 g/mol. The van der Waals surface area contributed by atoms with Crippen molar-refractivity contribution in [2.75, 3.05) is 7.11 Å². The number of carbonyl (C=O) groups excluding carboxylic acids is 2. The fourth-order valence-corrected chi connectivity index (χ4v) is 0.957. The molecule has 0 spiro atoms. The van der Waals surface area contributed by atoms with Crippen LogP contribution in [0.1, 0.15) is 40.5 Å². The maximum atomic E-state index is 11.5. The van der Waals surface area contributed by atoms with Crippen molar-refractivity contribution < 1.29 is 19.1 Å². The molecule has 0 aromatic carbocycles. The Morgan fingerprint density at radius 3 is 2.20 bits per heavy atom. The molecule has 4 heteroatoms. The predicted octanol–water partition coefficient (Wildman–Crippen LogP) is 1.92. The fourth-order valence-electron chi connectivity index (χ4n) is 0.957. The van der Waals surface area contributed by atoms with Gasteiger partial charge in [0.05, 0.1) is 13.0 Å². The van der Waals surface area contributed by atoms with Crippen LogP contribution in [0.3, 0.4) is 0 Å². The summed E-state index contributed by atoms with van der Waals surface area (Å²) in [6.45, 7) is 7.20. The highest BCUT2D eigenvalue weighted by Gasteiger charge is 2.22. The van der Waals surface area contributed by atoms with E-state index in [0.717, 1.165) is 0 Å². The van der Waals surface area contributed by atoms with E-state index < -0.39 is 5.60 Å². The standard InChI is InChI=1S/C11H20O4/c1-8(6-7-9(12)14-5)10(13)15-11(2,3)4/h8H,6-7H2,1-5H3/t8-/m0/s1. The van der Waals surface area contributed by atoms with Gasteiger partial charge in [0, 0.05) is 6.42 Å². The summed E-state index contributed by atoms with van der Waals surface area (Å²) in [6.07, 6.45) is 0.707. The lowest BCUT2D eigenvalue weighted by Gasteiger charge is -2.22. The van der Waals surface area contributed by atoms with Gasteiger partial charge in [-0.2, -0.15) is 0 Å². The second kappa shape index (κ2) is 5.73. The van der Waals surface area contributed by atoms with Crippen LogP contribution >= 0.6 is 0 Å². The first-order chi connectivity index (χ1) is 6.76.